The summed E-state index contributed by atoms with van der Waals surface area (Å²) in [6.07, 6.45) is 3.87. The average Bonchev–Trinajstić information content (AvgIpc) is 2.90. The number of pyridine rings is 1. The highest BCUT2D eigenvalue weighted by molar-refractivity contribution is 5.54. The Morgan fingerprint density at radius 2 is 1.48 bits per heavy atom. The highest BCUT2D eigenvalue weighted by atomic mass is 16.5. The zero-order chi connectivity index (χ0) is 18.3. The minimum absolute atomic E-state index is 0.234. The van der Waals surface area contributed by atoms with Crippen LogP contribution in [0.4, 0.5) is 0 Å². The van der Waals surface area contributed by atoms with Crippen molar-refractivity contribution < 1.29 is 9.47 Å². The standard InChI is InChI=1S/C9H10N2.C8H18O2.C2H4/c1-7-3-4-11-9(5-7)8(2)6-10-11;1-7(2,9-5)8(3,4)10-6;1-2/h3-6H,1-2H3;1-6H3;1-2H2. The summed E-state index contributed by atoms with van der Waals surface area (Å²) in [5.41, 5.74) is 3.24. The first-order valence-corrected chi connectivity index (χ1v) is 7.65. The molecule has 23 heavy (non-hydrogen) atoms. The van der Waals surface area contributed by atoms with Crippen molar-refractivity contribution in [1.82, 2.24) is 9.61 Å². The molecule has 0 aliphatic rings. The smallest absolute Gasteiger partial charge is 0.0905 e. The maximum absolute atomic E-state index is 5.27. The van der Waals surface area contributed by atoms with Crippen molar-refractivity contribution in [3.05, 3.63) is 48.8 Å². The Morgan fingerprint density at radius 1 is 1.00 bits per heavy atom. The normalized spacial score (nSPS) is 11.3. The van der Waals surface area contributed by atoms with Crippen LogP contribution in [0.25, 0.3) is 5.52 Å². The molecule has 130 valence electrons. The molecular weight excluding hydrogens is 288 g/mol. The molecule has 0 spiro atoms. The summed E-state index contributed by atoms with van der Waals surface area (Å²) in [5.74, 6) is 0. The van der Waals surface area contributed by atoms with E-state index in [2.05, 4.69) is 44.2 Å². The summed E-state index contributed by atoms with van der Waals surface area (Å²) < 4.78 is 12.4. The van der Waals surface area contributed by atoms with Crippen molar-refractivity contribution in [2.75, 3.05) is 14.2 Å². The number of aromatic nitrogens is 2. The van der Waals surface area contributed by atoms with E-state index in [0.717, 1.165) is 0 Å². The molecule has 0 fully saturated rings. The molecule has 4 heteroatoms. The van der Waals surface area contributed by atoms with Crippen molar-refractivity contribution in [3.63, 3.8) is 0 Å². The number of rotatable bonds is 3. The van der Waals surface area contributed by atoms with Gasteiger partial charge in [0.15, 0.2) is 0 Å². The zero-order valence-corrected chi connectivity index (χ0v) is 15.9. The van der Waals surface area contributed by atoms with Crippen LogP contribution >= 0.6 is 0 Å². The summed E-state index contributed by atoms with van der Waals surface area (Å²) in [7, 11) is 3.39. The van der Waals surface area contributed by atoms with E-state index in [0.29, 0.717) is 0 Å². The second-order valence-corrected chi connectivity index (χ2v) is 6.29. The number of aryl methyl sites for hydroxylation is 2. The lowest BCUT2D eigenvalue weighted by atomic mass is 9.89. The Balaban J connectivity index is 0.000000383. The van der Waals surface area contributed by atoms with Gasteiger partial charge in [-0.15, -0.1) is 13.2 Å². The van der Waals surface area contributed by atoms with Crippen LogP contribution in [0.1, 0.15) is 38.8 Å². The van der Waals surface area contributed by atoms with Gasteiger partial charge in [-0.3, -0.25) is 0 Å². The molecule has 0 amide bonds. The predicted octanol–water partition coefficient (Wildman–Crippen LogP) is 4.59. The maximum atomic E-state index is 5.27. The first kappa shape index (κ1) is 21.4. The fraction of sp³-hybridized carbons (Fsp3) is 0.526. The van der Waals surface area contributed by atoms with E-state index < -0.39 is 0 Å². The van der Waals surface area contributed by atoms with Crippen LogP contribution < -0.4 is 0 Å². The van der Waals surface area contributed by atoms with Gasteiger partial charge in [-0.05, 0) is 64.8 Å². The van der Waals surface area contributed by atoms with Crippen LogP contribution in [0.15, 0.2) is 37.7 Å². The van der Waals surface area contributed by atoms with Gasteiger partial charge >= 0.3 is 0 Å². The fourth-order valence-corrected chi connectivity index (χ4v) is 1.70. The van der Waals surface area contributed by atoms with Gasteiger partial charge in [-0.2, -0.15) is 5.10 Å². The molecule has 2 aromatic rings. The molecule has 0 atom stereocenters. The number of fused-ring (bicyclic) bond motifs is 1. The molecule has 0 aromatic carbocycles. The molecule has 2 rings (SSSR count). The highest BCUT2D eigenvalue weighted by Crippen LogP contribution is 2.27. The van der Waals surface area contributed by atoms with E-state index in [1.807, 2.05) is 44.6 Å². The first-order valence-electron chi connectivity index (χ1n) is 7.65. The quantitative estimate of drug-likeness (QED) is 0.776. The van der Waals surface area contributed by atoms with Gasteiger partial charge in [0.2, 0.25) is 0 Å². The number of hydrogen-bond donors (Lipinski definition) is 0. The second-order valence-electron chi connectivity index (χ2n) is 6.29. The van der Waals surface area contributed by atoms with Crippen molar-refractivity contribution in [2.24, 2.45) is 0 Å². The molecule has 0 saturated heterocycles. The Labute approximate surface area is 141 Å². The first-order chi connectivity index (χ1) is 10.6. The Morgan fingerprint density at radius 3 is 1.91 bits per heavy atom. The molecule has 2 aromatic heterocycles. The third-order valence-corrected chi connectivity index (χ3v) is 4.34. The molecule has 0 N–H and O–H groups in total. The molecule has 0 bridgehead atoms. The third-order valence-electron chi connectivity index (χ3n) is 4.34. The summed E-state index contributed by atoms with van der Waals surface area (Å²) in [5, 5.41) is 4.18. The van der Waals surface area contributed by atoms with Gasteiger partial charge in [0, 0.05) is 20.4 Å². The van der Waals surface area contributed by atoms with E-state index in [-0.39, 0.29) is 11.2 Å². The Kier molecular flexibility index (Phi) is 8.21. The van der Waals surface area contributed by atoms with Gasteiger partial charge in [-0.1, -0.05) is 0 Å². The minimum atomic E-state index is -0.234. The lowest BCUT2D eigenvalue weighted by Gasteiger charge is -2.38. The zero-order valence-electron chi connectivity index (χ0n) is 15.9. The minimum Gasteiger partial charge on any atom is -0.376 e. The summed E-state index contributed by atoms with van der Waals surface area (Å²) >= 11 is 0. The summed E-state index contributed by atoms with van der Waals surface area (Å²) in [4.78, 5) is 0. The lowest BCUT2D eigenvalue weighted by molar-refractivity contribution is -0.147. The van der Waals surface area contributed by atoms with Gasteiger partial charge in [-0.25, -0.2) is 4.52 Å². The molecule has 0 aliphatic heterocycles. The Bertz CT molecular complexity index is 586. The van der Waals surface area contributed by atoms with Gasteiger partial charge in [0.1, 0.15) is 0 Å². The van der Waals surface area contributed by atoms with Crippen molar-refractivity contribution in [3.8, 4) is 0 Å². The summed E-state index contributed by atoms with van der Waals surface area (Å²) in [6.45, 7) is 18.2. The van der Waals surface area contributed by atoms with E-state index in [9.17, 15) is 0 Å². The predicted molar refractivity (Wildman–Crippen MR) is 98.1 cm³/mol. The molecular formula is C19H32N2O2. The third kappa shape index (κ3) is 5.48. The van der Waals surface area contributed by atoms with Gasteiger partial charge in [0.25, 0.3) is 0 Å². The lowest BCUT2D eigenvalue weighted by Crippen LogP contribution is -2.48. The molecule has 0 unspecified atom stereocenters. The van der Waals surface area contributed by atoms with E-state index in [4.69, 9.17) is 9.47 Å². The maximum Gasteiger partial charge on any atom is 0.0905 e. The van der Waals surface area contributed by atoms with Crippen LogP contribution in [-0.4, -0.2) is 35.0 Å². The van der Waals surface area contributed by atoms with E-state index >= 15 is 0 Å². The molecule has 0 saturated carbocycles. The van der Waals surface area contributed by atoms with Crippen molar-refractivity contribution >= 4 is 5.52 Å². The fourth-order valence-electron chi connectivity index (χ4n) is 1.70. The van der Waals surface area contributed by atoms with Crippen LogP contribution in [0.2, 0.25) is 0 Å². The summed E-state index contributed by atoms with van der Waals surface area (Å²) in [6, 6.07) is 4.20. The highest BCUT2D eigenvalue weighted by Gasteiger charge is 2.36. The van der Waals surface area contributed by atoms with Crippen LogP contribution in [0.3, 0.4) is 0 Å². The van der Waals surface area contributed by atoms with Crippen LogP contribution in [0.5, 0.6) is 0 Å². The molecule has 4 nitrogen and oxygen atoms in total. The van der Waals surface area contributed by atoms with E-state index in [1.165, 1.54) is 16.6 Å². The Hall–Kier alpha value is -1.65. The SMILES string of the molecule is C=C.COC(C)(C)C(C)(C)OC.Cc1ccn2ncc(C)c2c1. The molecule has 0 radical (unpaired) electrons. The number of ether oxygens (including phenoxy) is 2. The van der Waals surface area contributed by atoms with Crippen LogP contribution in [0, 0.1) is 13.8 Å². The van der Waals surface area contributed by atoms with Gasteiger partial charge in [0.05, 0.1) is 22.9 Å². The second kappa shape index (κ2) is 8.85. The largest absolute Gasteiger partial charge is 0.376 e. The van der Waals surface area contributed by atoms with Gasteiger partial charge < -0.3 is 9.47 Å². The molecule has 2 heterocycles. The molecule has 0 aliphatic carbocycles. The average molecular weight is 320 g/mol. The van der Waals surface area contributed by atoms with Crippen molar-refractivity contribution in [1.29, 1.82) is 0 Å². The monoisotopic (exact) mass is 320 g/mol. The van der Waals surface area contributed by atoms with E-state index in [1.54, 1.807) is 14.2 Å². The topological polar surface area (TPSA) is 35.8 Å². The number of methoxy groups -OCH3 is 2. The van der Waals surface area contributed by atoms with Crippen molar-refractivity contribution in [2.45, 2.75) is 52.7 Å². The van der Waals surface area contributed by atoms with Crippen LogP contribution in [-0.2, 0) is 9.47 Å². The number of nitrogens with zero attached hydrogens (tertiary/aromatic N) is 2. The number of hydrogen-bond acceptors (Lipinski definition) is 3.